The van der Waals surface area contributed by atoms with E-state index in [9.17, 15) is 39.6 Å². The quantitative estimate of drug-likeness (QED) is 0.502. The summed E-state index contributed by atoms with van der Waals surface area (Å²) in [4.78, 5) is 14.4. The van der Waals surface area contributed by atoms with Gasteiger partial charge in [-0.15, -0.1) is 10.2 Å². The molecule has 0 radical (unpaired) electrons. The van der Waals surface area contributed by atoms with Crippen LogP contribution in [0.15, 0.2) is 27.5 Å². The van der Waals surface area contributed by atoms with Crippen LogP contribution in [0.5, 0.6) is 5.75 Å². The Labute approximate surface area is 206 Å². The van der Waals surface area contributed by atoms with Crippen LogP contribution in [-0.4, -0.2) is 67.2 Å². The van der Waals surface area contributed by atoms with E-state index < -0.39 is 56.7 Å². The molecular formula is C22H21F6N3O5S. The Kier molecular flexibility index (Phi) is 5.46. The van der Waals surface area contributed by atoms with Crippen LogP contribution in [0, 0.1) is 5.92 Å². The van der Waals surface area contributed by atoms with E-state index in [1.807, 2.05) is 0 Å². The van der Waals surface area contributed by atoms with Gasteiger partial charge in [0, 0.05) is 19.3 Å². The van der Waals surface area contributed by atoms with Gasteiger partial charge in [0.2, 0.25) is 11.8 Å². The highest BCUT2D eigenvalue weighted by molar-refractivity contribution is 7.90. The summed E-state index contributed by atoms with van der Waals surface area (Å²) in [6.45, 7) is 0.840. The van der Waals surface area contributed by atoms with E-state index in [1.165, 1.54) is 4.90 Å². The number of carbonyl (C=O) groups is 1. The number of alkyl halides is 6. The third-order valence-corrected chi connectivity index (χ3v) is 8.47. The molecule has 2 aliphatic carbocycles. The van der Waals surface area contributed by atoms with E-state index in [2.05, 4.69) is 10.2 Å². The third kappa shape index (κ3) is 4.24. The number of ether oxygens (including phenoxy) is 1. The minimum Gasteiger partial charge on any atom is -0.480 e. The van der Waals surface area contributed by atoms with Gasteiger partial charge in [0.25, 0.3) is 5.91 Å². The number of piperidine rings is 1. The maximum absolute atomic E-state index is 13.4. The van der Waals surface area contributed by atoms with Gasteiger partial charge in [0.15, 0.2) is 15.9 Å². The van der Waals surface area contributed by atoms with Gasteiger partial charge in [-0.2, -0.15) is 26.3 Å². The first kappa shape index (κ1) is 25.8. The highest BCUT2D eigenvalue weighted by atomic mass is 32.2. The highest BCUT2D eigenvalue weighted by Crippen LogP contribution is 2.62. The molecule has 3 atom stereocenters. The van der Waals surface area contributed by atoms with Crippen molar-refractivity contribution in [1.82, 2.24) is 15.1 Å². The van der Waals surface area contributed by atoms with Crippen molar-refractivity contribution in [2.24, 2.45) is 5.92 Å². The number of carbonyl (C=O) groups excluding carboxylic acids is 1. The number of amides is 1. The minimum atomic E-state index is -4.74. The maximum Gasteiger partial charge on any atom is 0.425 e. The third-order valence-electron chi connectivity index (χ3n) is 7.36. The highest BCUT2D eigenvalue weighted by Gasteiger charge is 2.70. The fourth-order valence-corrected chi connectivity index (χ4v) is 5.41. The van der Waals surface area contributed by atoms with Crippen LogP contribution in [0.1, 0.15) is 48.3 Å². The molecule has 0 spiro atoms. The number of likely N-dealkylation sites (tertiary alicyclic amines) is 1. The van der Waals surface area contributed by atoms with E-state index in [-0.39, 0.29) is 48.2 Å². The van der Waals surface area contributed by atoms with E-state index in [1.54, 1.807) is 0 Å². The lowest BCUT2D eigenvalue weighted by atomic mass is 10.1. The van der Waals surface area contributed by atoms with Gasteiger partial charge < -0.3 is 14.1 Å². The Morgan fingerprint density at radius 1 is 1.16 bits per heavy atom. The van der Waals surface area contributed by atoms with Crippen LogP contribution in [0.2, 0.25) is 0 Å². The molecule has 3 fully saturated rings. The number of nitrogens with zero attached hydrogens (tertiary/aromatic N) is 3. The van der Waals surface area contributed by atoms with Gasteiger partial charge in [-0.05, 0) is 50.3 Å². The number of halogens is 6. The molecule has 37 heavy (non-hydrogen) atoms. The van der Waals surface area contributed by atoms with Crippen molar-refractivity contribution in [2.45, 2.75) is 60.4 Å². The molecule has 0 N–H and O–H groups in total. The lowest BCUT2D eigenvalue weighted by molar-refractivity contribution is -0.189. The molecule has 202 valence electrons. The molecule has 8 nitrogen and oxygen atoms in total. The molecule has 1 aromatic heterocycles. The fourth-order valence-electron chi connectivity index (χ4n) is 4.77. The van der Waals surface area contributed by atoms with Crippen LogP contribution >= 0.6 is 0 Å². The summed E-state index contributed by atoms with van der Waals surface area (Å²) < 4.78 is 114. The second-order valence-corrected chi connectivity index (χ2v) is 12.0. The normalized spacial score (nSPS) is 25.5. The predicted octanol–water partition coefficient (Wildman–Crippen LogP) is 3.81. The largest absolute Gasteiger partial charge is 0.480 e. The van der Waals surface area contributed by atoms with Crippen LogP contribution in [0.4, 0.5) is 26.3 Å². The molecule has 1 amide bonds. The monoisotopic (exact) mass is 553 g/mol. The average Bonchev–Trinajstić information content (AvgIpc) is 3.63. The van der Waals surface area contributed by atoms with E-state index in [0.717, 1.165) is 31.4 Å². The predicted molar refractivity (Wildman–Crippen MR) is 113 cm³/mol. The fraction of sp³-hybridized carbons (Fsp3) is 0.591. The molecule has 0 bridgehead atoms. The van der Waals surface area contributed by atoms with Crippen LogP contribution in [-0.2, 0) is 20.7 Å². The number of hydrogen-bond donors (Lipinski definition) is 0. The summed E-state index contributed by atoms with van der Waals surface area (Å²) in [5.74, 6) is -1.97. The number of aromatic nitrogens is 2. The van der Waals surface area contributed by atoms with Gasteiger partial charge in [0.1, 0.15) is 11.2 Å². The Morgan fingerprint density at radius 2 is 1.81 bits per heavy atom. The van der Waals surface area contributed by atoms with Gasteiger partial charge in [-0.1, -0.05) is 0 Å². The number of benzene rings is 1. The zero-order chi connectivity index (χ0) is 27.2. The average molecular weight is 553 g/mol. The smallest absolute Gasteiger partial charge is 0.425 e. The van der Waals surface area contributed by atoms with Crippen LogP contribution in [0.25, 0.3) is 0 Å². The SMILES string of the molecule is CC(Oc1ccc(S(C)(=O)=O)cc1C(=O)N1CC2CC2(c2nnc(C3(C(F)(F)F)CC3)o2)C1)C(F)(F)F. The minimum absolute atomic E-state index is 0.0228. The molecule has 2 aromatic rings. The standard InChI is InChI=1S/C22H21F6N3O5S/c1-11(21(23,24)25)35-15-4-3-13(37(2,33)34)7-14(15)16(32)31-9-12-8-19(12,10-31)17-29-30-18(36-17)20(5-6-20)22(26,27)28/h3-4,7,11-12H,5-6,8-10H2,1-2H3. The molecule has 1 saturated heterocycles. The Bertz CT molecular complexity index is 1370. The van der Waals surface area contributed by atoms with Crippen molar-refractivity contribution in [3.8, 4) is 5.75 Å². The summed E-state index contributed by atoms with van der Waals surface area (Å²) in [6, 6.07) is 2.99. The van der Waals surface area contributed by atoms with E-state index in [0.29, 0.717) is 6.42 Å². The Hall–Kier alpha value is -2.84. The molecule has 2 saturated carbocycles. The summed E-state index contributed by atoms with van der Waals surface area (Å²) in [7, 11) is -3.80. The van der Waals surface area contributed by atoms with E-state index >= 15 is 0 Å². The zero-order valence-electron chi connectivity index (χ0n) is 19.5. The lowest BCUT2D eigenvalue weighted by Crippen LogP contribution is -2.35. The Morgan fingerprint density at radius 3 is 2.38 bits per heavy atom. The van der Waals surface area contributed by atoms with Gasteiger partial charge >= 0.3 is 12.4 Å². The van der Waals surface area contributed by atoms with Gasteiger partial charge in [-0.3, -0.25) is 4.79 Å². The lowest BCUT2D eigenvalue weighted by Gasteiger charge is -2.24. The number of hydrogen-bond acceptors (Lipinski definition) is 7. The van der Waals surface area contributed by atoms with Crippen molar-refractivity contribution >= 4 is 15.7 Å². The van der Waals surface area contributed by atoms with Crippen molar-refractivity contribution in [3.05, 3.63) is 35.5 Å². The van der Waals surface area contributed by atoms with Crippen molar-refractivity contribution in [3.63, 3.8) is 0 Å². The summed E-state index contributed by atoms with van der Waals surface area (Å²) >= 11 is 0. The zero-order valence-corrected chi connectivity index (χ0v) is 20.3. The van der Waals surface area contributed by atoms with Crippen molar-refractivity contribution in [2.75, 3.05) is 19.3 Å². The number of sulfone groups is 1. The summed E-state index contributed by atoms with van der Waals surface area (Å²) in [5.41, 5.74) is -3.39. The molecule has 1 aromatic carbocycles. The van der Waals surface area contributed by atoms with Gasteiger partial charge in [0.05, 0.1) is 15.9 Å². The molecule has 1 aliphatic heterocycles. The summed E-state index contributed by atoms with van der Waals surface area (Å²) in [6.07, 6.45) is -10.5. The molecule has 15 heteroatoms. The van der Waals surface area contributed by atoms with Crippen molar-refractivity contribution < 1.29 is 48.7 Å². The number of fused-ring (bicyclic) bond motifs is 1. The topological polar surface area (TPSA) is 103 Å². The van der Waals surface area contributed by atoms with Crippen LogP contribution < -0.4 is 4.74 Å². The molecule has 5 rings (SSSR count). The Balaban J connectivity index is 1.41. The second kappa shape index (κ2) is 7.84. The first-order valence-electron chi connectivity index (χ1n) is 11.3. The number of rotatable bonds is 6. The molecule has 3 unspecified atom stereocenters. The summed E-state index contributed by atoms with van der Waals surface area (Å²) in [5, 5.41) is 7.48. The first-order valence-corrected chi connectivity index (χ1v) is 13.1. The van der Waals surface area contributed by atoms with E-state index in [4.69, 9.17) is 9.15 Å². The molecule has 2 heterocycles. The van der Waals surface area contributed by atoms with Crippen LogP contribution in [0.3, 0.4) is 0 Å². The first-order chi connectivity index (χ1) is 17.0. The molecule has 3 aliphatic rings. The maximum atomic E-state index is 13.4. The van der Waals surface area contributed by atoms with Gasteiger partial charge in [-0.25, -0.2) is 8.42 Å². The van der Waals surface area contributed by atoms with Crippen molar-refractivity contribution in [1.29, 1.82) is 0 Å². The molecular weight excluding hydrogens is 532 g/mol. The second-order valence-electron chi connectivity index (χ2n) is 9.97.